The van der Waals surface area contributed by atoms with Crippen molar-refractivity contribution in [2.24, 2.45) is 11.7 Å². The topological polar surface area (TPSA) is 46.2 Å². The minimum absolute atomic E-state index is 0.109. The number of hydrogen-bond acceptors (Lipinski definition) is 2. The average Bonchev–Trinajstić information content (AvgIpc) is 2.57. The highest BCUT2D eigenvalue weighted by Gasteiger charge is 2.19. The zero-order valence-electron chi connectivity index (χ0n) is 8.76. The second-order valence-corrected chi connectivity index (χ2v) is 4.85. The summed E-state index contributed by atoms with van der Waals surface area (Å²) >= 11 is 0. The van der Waals surface area contributed by atoms with Gasteiger partial charge >= 0.3 is 0 Å². The highest BCUT2D eigenvalue weighted by molar-refractivity contribution is 4.78. The Morgan fingerprint density at radius 2 is 2.00 bits per heavy atom. The zero-order valence-corrected chi connectivity index (χ0v) is 8.76. The molecule has 1 unspecified atom stereocenters. The highest BCUT2D eigenvalue weighted by Crippen LogP contribution is 2.29. The molecule has 1 aliphatic carbocycles. The lowest BCUT2D eigenvalue weighted by Crippen LogP contribution is -2.40. The summed E-state index contributed by atoms with van der Waals surface area (Å²) in [6.07, 6.45) is 9.13. The molecule has 78 valence electrons. The summed E-state index contributed by atoms with van der Waals surface area (Å²) in [5.74, 6) is 0.953. The molecule has 0 aromatic heterocycles. The van der Waals surface area contributed by atoms with Crippen LogP contribution in [0.2, 0.25) is 0 Å². The maximum absolute atomic E-state index is 8.96. The van der Waals surface area contributed by atoms with Crippen LogP contribution in [0.1, 0.15) is 51.9 Å². The molecule has 0 aromatic rings. The molecule has 0 bridgehead atoms. The van der Waals surface area contributed by atoms with E-state index < -0.39 is 0 Å². The molecule has 0 aromatic carbocycles. The molecule has 0 aliphatic heterocycles. The Balaban J connectivity index is 2.06. The van der Waals surface area contributed by atoms with Crippen LogP contribution in [-0.2, 0) is 0 Å². The zero-order chi connectivity index (χ0) is 9.73. The fourth-order valence-electron chi connectivity index (χ4n) is 2.17. The SMILES string of the molecule is CC(N)(CO)CCCC1CCCC1. The minimum atomic E-state index is -0.349. The van der Waals surface area contributed by atoms with Gasteiger partial charge in [0.05, 0.1) is 6.61 Å². The van der Waals surface area contributed by atoms with Crippen molar-refractivity contribution in [2.45, 2.75) is 57.4 Å². The summed E-state index contributed by atoms with van der Waals surface area (Å²) in [6, 6.07) is 0. The first-order chi connectivity index (χ1) is 6.14. The Kier molecular flexibility index (Phi) is 4.20. The van der Waals surface area contributed by atoms with Gasteiger partial charge < -0.3 is 10.8 Å². The van der Waals surface area contributed by atoms with E-state index in [1.54, 1.807) is 0 Å². The Bertz CT molecular complexity index is 139. The second-order valence-electron chi connectivity index (χ2n) is 4.85. The lowest BCUT2D eigenvalue weighted by Gasteiger charge is -2.22. The number of aliphatic hydroxyl groups excluding tert-OH is 1. The van der Waals surface area contributed by atoms with Crippen LogP contribution in [0.25, 0.3) is 0 Å². The third-order valence-electron chi connectivity index (χ3n) is 3.20. The van der Waals surface area contributed by atoms with Gasteiger partial charge in [-0.25, -0.2) is 0 Å². The van der Waals surface area contributed by atoms with Crippen molar-refractivity contribution >= 4 is 0 Å². The molecule has 1 saturated carbocycles. The van der Waals surface area contributed by atoms with Crippen molar-refractivity contribution in [1.82, 2.24) is 0 Å². The van der Waals surface area contributed by atoms with Gasteiger partial charge in [-0.05, 0) is 19.3 Å². The van der Waals surface area contributed by atoms with E-state index in [4.69, 9.17) is 10.8 Å². The van der Waals surface area contributed by atoms with E-state index >= 15 is 0 Å². The predicted octanol–water partition coefficient (Wildman–Crippen LogP) is 2.06. The standard InChI is InChI=1S/C11H23NO/c1-11(12,9-13)8-4-7-10-5-2-3-6-10/h10,13H,2-9,12H2,1H3. The van der Waals surface area contributed by atoms with Gasteiger partial charge in [0.15, 0.2) is 0 Å². The maximum atomic E-state index is 8.96. The quantitative estimate of drug-likeness (QED) is 0.688. The van der Waals surface area contributed by atoms with Gasteiger partial charge in [0, 0.05) is 5.54 Å². The van der Waals surface area contributed by atoms with Crippen molar-refractivity contribution in [3.63, 3.8) is 0 Å². The summed E-state index contributed by atoms with van der Waals surface area (Å²) < 4.78 is 0. The minimum Gasteiger partial charge on any atom is -0.394 e. The van der Waals surface area contributed by atoms with Crippen LogP contribution in [-0.4, -0.2) is 17.3 Å². The van der Waals surface area contributed by atoms with Gasteiger partial charge in [-0.3, -0.25) is 0 Å². The average molecular weight is 185 g/mol. The van der Waals surface area contributed by atoms with Crippen LogP contribution in [0, 0.1) is 5.92 Å². The molecule has 1 atom stereocenters. The molecule has 0 amide bonds. The van der Waals surface area contributed by atoms with Gasteiger partial charge in [-0.15, -0.1) is 0 Å². The Labute approximate surface area is 81.5 Å². The van der Waals surface area contributed by atoms with E-state index in [9.17, 15) is 0 Å². The van der Waals surface area contributed by atoms with Crippen LogP contribution >= 0.6 is 0 Å². The van der Waals surface area contributed by atoms with E-state index in [1.807, 2.05) is 6.92 Å². The van der Waals surface area contributed by atoms with Crippen LogP contribution in [0.5, 0.6) is 0 Å². The highest BCUT2D eigenvalue weighted by atomic mass is 16.3. The lowest BCUT2D eigenvalue weighted by atomic mass is 9.93. The summed E-state index contributed by atoms with van der Waals surface area (Å²) in [6.45, 7) is 2.04. The van der Waals surface area contributed by atoms with Crippen LogP contribution in [0.3, 0.4) is 0 Å². The van der Waals surface area contributed by atoms with Crippen molar-refractivity contribution in [3.8, 4) is 0 Å². The molecule has 2 heteroatoms. The Morgan fingerprint density at radius 3 is 2.54 bits per heavy atom. The fourth-order valence-corrected chi connectivity index (χ4v) is 2.17. The number of rotatable bonds is 5. The molecule has 0 radical (unpaired) electrons. The molecule has 0 saturated heterocycles. The van der Waals surface area contributed by atoms with Crippen LogP contribution in [0.4, 0.5) is 0 Å². The largest absolute Gasteiger partial charge is 0.394 e. The molecule has 1 aliphatic rings. The molecule has 0 heterocycles. The number of hydrogen-bond donors (Lipinski definition) is 2. The van der Waals surface area contributed by atoms with Gasteiger partial charge in [0.25, 0.3) is 0 Å². The lowest BCUT2D eigenvalue weighted by molar-refractivity contribution is 0.195. The first-order valence-corrected chi connectivity index (χ1v) is 5.54. The normalized spacial score (nSPS) is 23.3. The Morgan fingerprint density at radius 1 is 1.38 bits per heavy atom. The first-order valence-electron chi connectivity index (χ1n) is 5.54. The van der Waals surface area contributed by atoms with E-state index in [-0.39, 0.29) is 12.1 Å². The predicted molar refractivity (Wildman–Crippen MR) is 55.5 cm³/mol. The van der Waals surface area contributed by atoms with E-state index in [1.165, 1.54) is 38.5 Å². The number of aliphatic hydroxyl groups is 1. The molecule has 1 rings (SSSR count). The summed E-state index contributed by atoms with van der Waals surface area (Å²) in [4.78, 5) is 0. The molecule has 0 spiro atoms. The summed E-state index contributed by atoms with van der Waals surface area (Å²) in [7, 11) is 0. The number of nitrogens with two attached hydrogens (primary N) is 1. The van der Waals surface area contributed by atoms with Crippen molar-refractivity contribution in [3.05, 3.63) is 0 Å². The van der Waals surface area contributed by atoms with Crippen LogP contribution < -0.4 is 5.73 Å². The monoisotopic (exact) mass is 185 g/mol. The molecular weight excluding hydrogens is 162 g/mol. The van der Waals surface area contributed by atoms with Crippen LogP contribution in [0.15, 0.2) is 0 Å². The van der Waals surface area contributed by atoms with Gasteiger partial charge in [-0.2, -0.15) is 0 Å². The van der Waals surface area contributed by atoms with E-state index in [2.05, 4.69) is 0 Å². The molecule has 1 fully saturated rings. The van der Waals surface area contributed by atoms with Crippen molar-refractivity contribution in [2.75, 3.05) is 6.61 Å². The Hall–Kier alpha value is -0.0800. The fraction of sp³-hybridized carbons (Fsp3) is 1.00. The molecule has 13 heavy (non-hydrogen) atoms. The van der Waals surface area contributed by atoms with Crippen molar-refractivity contribution in [1.29, 1.82) is 0 Å². The third-order valence-corrected chi connectivity index (χ3v) is 3.20. The van der Waals surface area contributed by atoms with Gasteiger partial charge in [-0.1, -0.05) is 38.5 Å². The van der Waals surface area contributed by atoms with Crippen molar-refractivity contribution < 1.29 is 5.11 Å². The van der Waals surface area contributed by atoms with E-state index in [0.717, 1.165) is 12.3 Å². The third kappa shape index (κ3) is 4.10. The second kappa shape index (κ2) is 4.97. The maximum Gasteiger partial charge on any atom is 0.0608 e. The van der Waals surface area contributed by atoms with Gasteiger partial charge in [0.2, 0.25) is 0 Å². The summed E-state index contributed by atoms with van der Waals surface area (Å²) in [5.41, 5.74) is 5.50. The molecular formula is C11H23NO. The van der Waals surface area contributed by atoms with E-state index in [0.29, 0.717) is 0 Å². The smallest absolute Gasteiger partial charge is 0.0608 e. The van der Waals surface area contributed by atoms with Gasteiger partial charge in [0.1, 0.15) is 0 Å². The molecule has 3 N–H and O–H groups in total. The summed E-state index contributed by atoms with van der Waals surface area (Å²) in [5, 5.41) is 8.96. The molecule has 2 nitrogen and oxygen atoms in total. The first kappa shape index (κ1) is 11.0.